The zero-order chi connectivity index (χ0) is 13.8. The lowest BCUT2D eigenvalue weighted by Gasteiger charge is -2.20. The third-order valence-electron chi connectivity index (χ3n) is 3.55. The van der Waals surface area contributed by atoms with Gasteiger partial charge in [-0.15, -0.1) is 0 Å². The Morgan fingerprint density at radius 2 is 2.11 bits per heavy atom. The maximum absolute atomic E-state index is 4.59. The van der Waals surface area contributed by atoms with Crippen molar-refractivity contribution in [3.05, 3.63) is 24.0 Å². The van der Waals surface area contributed by atoms with Gasteiger partial charge in [-0.1, -0.05) is 27.7 Å². The van der Waals surface area contributed by atoms with E-state index in [9.17, 15) is 0 Å². The Balaban J connectivity index is 1.92. The number of hydrogen-bond acceptors (Lipinski definition) is 3. The van der Waals surface area contributed by atoms with Crippen LogP contribution in [-0.2, 0) is 6.42 Å². The highest BCUT2D eigenvalue weighted by Gasteiger charge is 2.22. The smallest absolute Gasteiger partial charge is 0.0553 e. The summed E-state index contributed by atoms with van der Waals surface area (Å²) in [6, 6.07) is 5.59. The molecule has 19 heavy (non-hydrogen) atoms. The Morgan fingerprint density at radius 3 is 2.68 bits per heavy atom. The summed E-state index contributed by atoms with van der Waals surface area (Å²) in [6.45, 7) is 11.1. The maximum atomic E-state index is 4.59. The average Bonchev–Trinajstić information content (AvgIpc) is 2.76. The van der Waals surface area contributed by atoms with Crippen LogP contribution in [0.4, 0.5) is 5.69 Å². The fourth-order valence-corrected chi connectivity index (χ4v) is 2.74. The first kappa shape index (κ1) is 14.3. The lowest BCUT2D eigenvalue weighted by Crippen LogP contribution is -2.37. The van der Waals surface area contributed by atoms with Crippen LogP contribution in [0.2, 0.25) is 0 Å². The summed E-state index contributed by atoms with van der Waals surface area (Å²) in [6.07, 6.45) is 4.33. The van der Waals surface area contributed by atoms with E-state index in [1.54, 1.807) is 0 Å². The fraction of sp³-hybridized carbons (Fsp3) is 0.688. The number of rotatable bonds is 5. The molecule has 1 aliphatic heterocycles. The van der Waals surface area contributed by atoms with Crippen molar-refractivity contribution in [1.29, 1.82) is 0 Å². The van der Waals surface area contributed by atoms with Gasteiger partial charge in [0.05, 0.1) is 11.9 Å². The van der Waals surface area contributed by atoms with Crippen LogP contribution < -0.4 is 10.2 Å². The van der Waals surface area contributed by atoms with Gasteiger partial charge in [0.15, 0.2) is 0 Å². The van der Waals surface area contributed by atoms with Crippen molar-refractivity contribution in [3.8, 4) is 0 Å². The second-order valence-corrected chi connectivity index (χ2v) is 6.36. The summed E-state index contributed by atoms with van der Waals surface area (Å²) in [5.74, 6) is 0.671. The van der Waals surface area contributed by atoms with Gasteiger partial charge in [0.1, 0.15) is 0 Å². The minimum Gasteiger partial charge on any atom is -0.369 e. The molecule has 0 bridgehead atoms. The van der Waals surface area contributed by atoms with Crippen LogP contribution in [0.1, 0.15) is 39.8 Å². The first-order chi connectivity index (χ1) is 9.04. The summed E-state index contributed by atoms with van der Waals surface area (Å²) in [5.41, 5.74) is 2.47. The van der Waals surface area contributed by atoms with Crippen molar-refractivity contribution < 1.29 is 0 Å². The maximum Gasteiger partial charge on any atom is 0.0553 e. The van der Waals surface area contributed by atoms with Crippen molar-refractivity contribution in [2.24, 2.45) is 5.92 Å². The molecule has 1 saturated heterocycles. The minimum absolute atomic E-state index is 0.566. The van der Waals surface area contributed by atoms with Crippen molar-refractivity contribution >= 4 is 5.69 Å². The molecule has 1 N–H and O–H groups in total. The Hall–Kier alpha value is -1.09. The van der Waals surface area contributed by atoms with Gasteiger partial charge < -0.3 is 10.2 Å². The van der Waals surface area contributed by atoms with E-state index < -0.39 is 0 Å². The normalized spacial score (nSPS) is 19.7. The molecule has 0 amide bonds. The highest BCUT2D eigenvalue weighted by Crippen LogP contribution is 2.20. The Bertz CT molecular complexity index is 383. The predicted octanol–water partition coefficient (Wildman–Crippen LogP) is 2.86. The van der Waals surface area contributed by atoms with Gasteiger partial charge in [0.2, 0.25) is 0 Å². The van der Waals surface area contributed by atoms with E-state index in [2.05, 4.69) is 55.0 Å². The molecule has 1 atom stereocenters. The van der Waals surface area contributed by atoms with Crippen LogP contribution in [-0.4, -0.2) is 30.2 Å². The van der Waals surface area contributed by atoms with Crippen LogP contribution in [0.5, 0.6) is 0 Å². The zero-order valence-electron chi connectivity index (χ0n) is 12.7. The van der Waals surface area contributed by atoms with Crippen LogP contribution in [0.3, 0.4) is 0 Å². The average molecular weight is 261 g/mol. The molecule has 2 heterocycles. The van der Waals surface area contributed by atoms with Gasteiger partial charge >= 0.3 is 0 Å². The molecular formula is C16H27N3. The van der Waals surface area contributed by atoms with Crippen molar-refractivity contribution in [2.75, 3.05) is 18.0 Å². The van der Waals surface area contributed by atoms with Crippen LogP contribution >= 0.6 is 0 Å². The Labute approximate surface area is 117 Å². The van der Waals surface area contributed by atoms with Gasteiger partial charge in [-0.2, -0.15) is 0 Å². The summed E-state index contributed by atoms with van der Waals surface area (Å²) in [4.78, 5) is 7.02. The van der Waals surface area contributed by atoms with Crippen LogP contribution in [0, 0.1) is 5.92 Å². The largest absolute Gasteiger partial charge is 0.369 e. The SMILES string of the molecule is CC(C)Cc1ccc(N2CC[C@@H](NC(C)C)C2)cn1. The van der Waals surface area contributed by atoms with Crippen molar-refractivity contribution in [2.45, 2.75) is 52.6 Å². The quantitative estimate of drug-likeness (QED) is 0.883. The van der Waals surface area contributed by atoms with E-state index in [1.807, 2.05) is 6.20 Å². The molecular weight excluding hydrogens is 234 g/mol. The van der Waals surface area contributed by atoms with Gasteiger partial charge in [-0.05, 0) is 30.9 Å². The highest BCUT2D eigenvalue weighted by atomic mass is 15.2. The van der Waals surface area contributed by atoms with Gasteiger partial charge in [-0.25, -0.2) is 0 Å². The molecule has 0 radical (unpaired) electrons. The minimum atomic E-state index is 0.566. The van der Waals surface area contributed by atoms with Crippen molar-refractivity contribution in [3.63, 3.8) is 0 Å². The molecule has 1 aromatic rings. The summed E-state index contributed by atoms with van der Waals surface area (Å²) >= 11 is 0. The van der Waals surface area contributed by atoms with E-state index in [1.165, 1.54) is 17.8 Å². The monoisotopic (exact) mass is 261 g/mol. The lowest BCUT2D eigenvalue weighted by atomic mass is 10.1. The van der Waals surface area contributed by atoms with E-state index in [0.29, 0.717) is 18.0 Å². The third-order valence-corrected chi connectivity index (χ3v) is 3.55. The standard InChI is InChI=1S/C16H27N3/c1-12(2)9-14-5-6-16(10-17-14)19-8-7-15(11-19)18-13(3)4/h5-6,10,12-13,15,18H,7-9,11H2,1-4H3/t15-/m1/s1. The highest BCUT2D eigenvalue weighted by molar-refractivity contribution is 5.46. The first-order valence-corrected chi connectivity index (χ1v) is 7.50. The molecule has 3 nitrogen and oxygen atoms in total. The number of nitrogens with one attached hydrogen (secondary N) is 1. The van der Waals surface area contributed by atoms with Gasteiger partial charge in [-0.3, -0.25) is 4.98 Å². The van der Waals surface area contributed by atoms with E-state index in [-0.39, 0.29) is 0 Å². The van der Waals surface area contributed by atoms with E-state index >= 15 is 0 Å². The Morgan fingerprint density at radius 1 is 1.32 bits per heavy atom. The van der Waals surface area contributed by atoms with Crippen LogP contribution in [0.25, 0.3) is 0 Å². The number of pyridine rings is 1. The zero-order valence-corrected chi connectivity index (χ0v) is 12.7. The van der Waals surface area contributed by atoms with E-state index in [4.69, 9.17) is 0 Å². The van der Waals surface area contributed by atoms with Gasteiger partial charge in [0.25, 0.3) is 0 Å². The molecule has 0 saturated carbocycles. The summed E-state index contributed by atoms with van der Waals surface area (Å²) in [5, 5.41) is 3.62. The molecule has 2 rings (SSSR count). The second-order valence-electron chi connectivity index (χ2n) is 6.36. The van der Waals surface area contributed by atoms with Crippen molar-refractivity contribution in [1.82, 2.24) is 10.3 Å². The van der Waals surface area contributed by atoms with E-state index in [0.717, 1.165) is 19.5 Å². The number of anilines is 1. The second kappa shape index (κ2) is 6.38. The number of nitrogens with zero attached hydrogens (tertiary/aromatic N) is 2. The number of hydrogen-bond donors (Lipinski definition) is 1. The third kappa shape index (κ3) is 4.20. The Kier molecular flexibility index (Phi) is 4.81. The molecule has 1 fully saturated rings. The molecule has 106 valence electrons. The fourth-order valence-electron chi connectivity index (χ4n) is 2.74. The van der Waals surface area contributed by atoms with Crippen LogP contribution in [0.15, 0.2) is 18.3 Å². The lowest BCUT2D eigenvalue weighted by molar-refractivity contribution is 0.492. The summed E-state index contributed by atoms with van der Waals surface area (Å²) in [7, 11) is 0. The first-order valence-electron chi connectivity index (χ1n) is 7.50. The molecule has 0 spiro atoms. The molecule has 0 aliphatic carbocycles. The molecule has 1 aliphatic rings. The molecule has 1 aromatic heterocycles. The van der Waals surface area contributed by atoms with Gasteiger partial charge in [0, 0.05) is 30.9 Å². The topological polar surface area (TPSA) is 28.2 Å². The molecule has 0 aromatic carbocycles. The predicted molar refractivity (Wildman–Crippen MR) is 81.7 cm³/mol. The number of aromatic nitrogens is 1. The summed E-state index contributed by atoms with van der Waals surface area (Å²) < 4.78 is 0. The molecule has 0 unspecified atom stereocenters. The molecule has 3 heteroatoms.